The Morgan fingerprint density at radius 1 is 1.75 bits per heavy atom. The van der Waals surface area contributed by atoms with Crippen LogP contribution in [0.3, 0.4) is 0 Å². The van der Waals surface area contributed by atoms with Crippen molar-refractivity contribution in [3.8, 4) is 12.3 Å². The Morgan fingerprint density at radius 3 is 3.06 bits per heavy atom. The molecule has 1 unspecified atom stereocenters. The maximum atomic E-state index is 11.4. The highest BCUT2D eigenvalue weighted by molar-refractivity contribution is 7.09. The van der Waals surface area contributed by atoms with E-state index in [-0.39, 0.29) is 18.5 Å². The molecule has 0 spiro atoms. The lowest BCUT2D eigenvalue weighted by atomic mass is 10.3. The molecule has 16 heavy (non-hydrogen) atoms. The van der Waals surface area contributed by atoms with Crippen LogP contribution in [-0.2, 0) is 4.79 Å². The lowest BCUT2D eigenvalue weighted by molar-refractivity contribution is -0.120. The molecule has 0 aromatic carbocycles. The van der Waals surface area contributed by atoms with Crippen molar-refractivity contribution in [1.82, 2.24) is 15.6 Å². The van der Waals surface area contributed by atoms with Crippen molar-refractivity contribution in [2.24, 2.45) is 0 Å². The molecular formula is C11H15N3OS. The van der Waals surface area contributed by atoms with Gasteiger partial charge in [-0.3, -0.25) is 10.1 Å². The number of amides is 1. The van der Waals surface area contributed by atoms with Gasteiger partial charge in [-0.15, -0.1) is 17.8 Å². The van der Waals surface area contributed by atoms with Gasteiger partial charge < -0.3 is 5.32 Å². The van der Waals surface area contributed by atoms with E-state index >= 15 is 0 Å². The van der Waals surface area contributed by atoms with Crippen LogP contribution in [0.4, 0.5) is 0 Å². The Balaban J connectivity index is 2.37. The molecule has 1 atom stereocenters. The fourth-order valence-corrected chi connectivity index (χ4v) is 1.98. The molecule has 0 aliphatic heterocycles. The molecule has 1 rings (SSSR count). The average molecular weight is 237 g/mol. The summed E-state index contributed by atoms with van der Waals surface area (Å²) in [6.45, 7) is 4.48. The molecule has 2 N–H and O–H groups in total. The molecule has 1 heterocycles. The monoisotopic (exact) mass is 237 g/mol. The van der Waals surface area contributed by atoms with Crippen molar-refractivity contribution in [3.63, 3.8) is 0 Å². The molecule has 1 amide bonds. The van der Waals surface area contributed by atoms with Crippen LogP contribution in [0.15, 0.2) is 5.38 Å². The Bertz CT molecular complexity index is 394. The van der Waals surface area contributed by atoms with Crippen LogP contribution in [-0.4, -0.2) is 24.0 Å². The molecule has 86 valence electrons. The zero-order valence-electron chi connectivity index (χ0n) is 9.41. The van der Waals surface area contributed by atoms with E-state index in [2.05, 4.69) is 21.5 Å². The highest BCUT2D eigenvalue weighted by Gasteiger charge is 2.11. The Hall–Kier alpha value is -1.38. The second-order valence-corrected chi connectivity index (χ2v) is 4.31. The molecule has 4 nitrogen and oxygen atoms in total. The van der Waals surface area contributed by atoms with Crippen molar-refractivity contribution < 1.29 is 4.79 Å². The number of nitrogens with zero attached hydrogens (tertiary/aromatic N) is 1. The van der Waals surface area contributed by atoms with Crippen molar-refractivity contribution in [3.05, 3.63) is 16.1 Å². The minimum absolute atomic E-state index is 0.0566. The molecule has 1 aromatic rings. The number of hydrogen-bond donors (Lipinski definition) is 2. The standard InChI is InChI=1S/C11H15N3OS/c1-4-5-12-6-10(15)14-9(3)11-13-8(2)7-16-11/h1,7,9,12H,5-6H2,2-3H3,(H,14,15). The van der Waals surface area contributed by atoms with E-state index in [0.29, 0.717) is 6.54 Å². The average Bonchev–Trinajstić information content (AvgIpc) is 2.65. The number of carbonyl (C=O) groups is 1. The first-order valence-corrected chi connectivity index (χ1v) is 5.87. The Kier molecular flexibility index (Phi) is 4.96. The van der Waals surface area contributed by atoms with Gasteiger partial charge in [0.05, 0.1) is 19.1 Å². The first kappa shape index (κ1) is 12.7. The van der Waals surface area contributed by atoms with Crippen molar-refractivity contribution >= 4 is 17.2 Å². The van der Waals surface area contributed by atoms with Crippen LogP contribution < -0.4 is 10.6 Å². The lowest BCUT2D eigenvalue weighted by Gasteiger charge is -2.10. The number of nitrogens with one attached hydrogen (secondary N) is 2. The summed E-state index contributed by atoms with van der Waals surface area (Å²) in [5, 5.41) is 8.56. The van der Waals surface area contributed by atoms with Gasteiger partial charge in [-0.2, -0.15) is 0 Å². The number of rotatable bonds is 5. The fourth-order valence-electron chi connectivity index (χ4n) is 1.17. The maximum Gasteiger partial charge on any atom is 0.234 e. The third kappa shape index (κ3) is 4.01. The maximum absolute atomic E-state index is 11.4. The van der Waals surface area contributed by atoms with Gasteiger partial charge in [0.1, 0.15) is 5.01 Å². The van der Waals surface area contributed by atoms with Gasteiger partial charge >= 0.3 is 0 Å². The van der Waals surface area contributed by atoms with Gasteiger partial charge in [-0.25, -0.2) is 4.98 Å². The van der Waals surface area contributed by atoms with Gasteiger partial charge in [0.25, 0.3) is 0 Å². The molecule has 1 aromatic heterocycles. The SMILES string of the molecule is C#CCNCC(=O)NC(C)c1nc(C)cs1. The summed E-state index contributed by atoms with van der Waals surface area (Å²) in [6, 6.07) is -0.0566. The third-order valence-electron chi connectivity index (χ3n) is 1.90. The Labute approximate surface area is 99.5 Å². The predicted molar refractivity (Wildman–Crippen MR) is 65.1 cm³/mol. The molecule has 0 fully saturated rings. The molecular weight excluding hydrogens is 222 g/mol. The number of aromatic nitrogens is 1. The number of thiazole rings is 1. The number of terminal acetylenes is 1. The summed E-state index contributed by atoms with van der Waals surface area (Å²) in [5.74, 6) is 2.34. The molecule has 0 aliphatic carbocycles. The van der Waals surface area contributed by atoms with Crippen LogP contribution in [0.5, 0.6) is 0 Å². The van der Waals surface area contributed by atoms with E-state index in [1.54, 1.807) is 11.3 Å². The summed E-state index contributed by atoms with van der Waals surface area (Å²) < 4.78 is 0. The lowest BCUT2D eigenvalue weighted by Crippen LogP contribution is -2.35. The van der Waals surface area contributed by atoms with E-state index in [4.69, 9.17) is 6.42 Å². The zero-order valence-corrected chi connectivity index (χ0v) is 10.2. The predicted octanol–water partition coefficient (Wildman–Crippen LogP) is 0.852. The van der Waals surface area contributed by atoms with Gasteiger partial charge in [-0.05, 0) is 13.8 Å². The van der Waals surface area contributed by atoms with Crippen molar-refractivity contribution in [2.45, 2.75) is 19.9 Å². The molecule has 0 saturated carbocycles. The summed E-state index contributed by atoms with van der Waals surface area (Å²) in [7, 11) is 0. The van der Waals surface area contributed by atoms with Crippen LogP contribution in [0.25, 0.3) is 0 Å². The summed E-state index contributed by atoms with van der Waals surface area (Å²) in [6.07, 6.45) is 5.06. The smallest absolute Gasteiger partial charge is 0.234 e. The molecule has 0 aliphatic rings. The van der Waals surface area contributed by atoms with Gasteiger partial charge in [-0.1, -0.05) is 5.92 Å². The molecule has 0 saturated heterocycles. The first-order valence-electron chi connectivity index (χ1n) is 4.99. The number of carbonyl (C=O) groups excluding carboxylic acids is 1. The summed E-state index contributed by atoms with van der Waals surface area (Å²) in [5.41, 5.74) is 0.978. The normalized spacial score (nSPS) is 11.8. The first-order chi connectivity index (χ1) is 7.63. The van der Waals surface area contributed by atoms with E-state index < -0.39 is 0 Å². The topological polar surface area (TPSA) is 54.0 Å². The minimum Gasteiger partial charge on any atom is -0.346 e. The molecule has 0 bridgehead atoms. The molecule has 5 heteroatoms. The van der Waals surface area contributed by atoms with Gasteiger partial charge in [0, 0.05) is 11.1 Å². The zero-order chi connectivity index (χ0) is 12.0. The van der Waals surface area contributed by atoms with E-state index in [0.717, 1.165) is 10.7 Å². The second-order valence-electron chi connectivity index (χ2n) is 3.42. The van der Waals surface area contributed by atoms with Crippen molar-refractivity contribution in [2.75, 3.05) is 13.1 Å². The second kappa shape index (κ2) is 6.26. The number of aryl methyl sites for hydroxylation is 1. The van der Waals surface area contributed by atoms with E-state index in [1.807, 2.05) is 19.2 Å². The third-order valence-corrected chi connectivity index (χ3v) is 3.04. The molecule has 0 radical (unpaired) electrons. The number of hydrogen-bond acceptors (Lipinski definition) is 4. The fraction of sp³-hybridized carbons (Fsp3) is 0.455. The van der Waals surface area contributed by atoms with Crippen LogP contribution in [0.2, 0.25) is 0 Å². The van der Waals surface area contributed by atoms with Crippen molar-refractivity contribution in [1.29, 1.82) is 0 Å². The van der Waals surface area contributed by atoms with Crippen LogP contribution in [0.1, 0.15) is 23.7 Å². The summed E-state index contributed by atoms with van der Waals surface area (Å²) in [4.78, 5) is 15.8. The van der Waals surface area contributed by atoms with Crippen LogP contribution >= 0.6 is 11.3 Å². The van der Waals surface area contributed by atoms with Gasteiger partial charge in [0.2, 0.25) is 5.91 Å². The minimum atomic E-state index is -0.0735. The Morgan fingerprint density at radius 2 is 2.50 bits per heavy atom. The quantitative estimate of drug-likeness (QED) is 0.590. The van der Waals surface area contributed by atoms with E-state index in [1.165, 1.54) is 0 Å². The van der Waals surface area contributed by atoms with E-state index in [9.17, 15) is 4.79 Å². The van der Waals surface area contributed by atoms with Gasteiger partial charge in [0.15, 0.2) is 0 Å². The summed E-state index contributed by atoms with van der Waals surface area (Å²) >= 11 is 1.55. The largest absolute Gasteiger partial charge is 0.346 e. The highest BCUT2D eigenvalue weighted by atomic mass is 32.1. The highest BCUT2D eigenvalue weighted by Crippen LogP contribution is 2.16. The van der Waals surface area contributed by atoms with Crippen LogP contribution in [0, 0.1) is 19.3 Å².